The molecular weight excluding hydrogens is 565 g/mol. The summed E-state index contributed by atoms with van der Waals surface area (Å²) >= 11 is 0. The molecule has 0 radical (unpaired) electrons. The molecule has 8 nitrogen and oxygen atoms in total. The molecular formula is C34H68NO7P. The fourth-order valence-electron chi connectivity index (χ4n) is 4.94. The SMILES string of the molecule is CCCCCCCCCCCCCC(=O)OC[C@H](COP(C)(=O)OCCN)OC(=O)C(C)CCCCCCCCCCC. The number of esters is 2. The number of unbranched alkanes of at least 4 members (excludes halogenated alkanes) is 18. The Hall–Kier alpha value is -0.950. The van der Waals surface area contributed by atoms with Crippen LogP contribution < -0.4 is 5.73 Å². The minimum absolute atomic E-state index is 0.0992. The van der Waals surface area contributed by atoms with E-state index >= 15 is 0 Å². The molecule has 0 aliphatic heterocycles. The van der Waals surface area contributed by atoms with Crippen LogP contribution in [0.25, 0.3) is 0 Å². The molecule has 0 aliphatic carbocycles. The van der Waals surface area contributed by atoms with E-state index in [2.05, 4.69) is 13.8 Å². The van der Waals surface area contributed by atoms with Gasteiger partial charge in [-0.1, -0.05) is 143 Å². The van der Waals surface area contributed by atoms with Crippen LogP contribution in [0.1, 0.15) is 162 Å². The molecule has 0 fully saturated rings. The van der Waals surface area contributed by atoms with Crippen molar-refractivity contribution in [3.8, 4) is 0 Å². The van der Waals surface area contributed by atoms with Crippen LogP contribution in [0, 0.1) is 5.92 Å². The van der Waals surface area contributed by atoms with E-state index in [1.165, 1.54) is 103 Å². The molecule has 0 spiro atoms. The number of hydrogen-bond donors (Lipinski definition) is 1. The van der Waals surface area contributed by atoms with E-state index in [0.29, 0.717) is 6.42 Å². The molecule has 0 aromatic heterocycles. The van der Waals surface area contributed by atoms with Gasteiger partial charge in [-0.2, -0.15) is 0 Å². The maximum Gasteiger partial charge on any atom is 0.327 e. The predicted octanol–water partition coefficient (Wildman–Crippen LogP) is 9.51. The average molecular weight is 634 g/mol. The zero-order valence-electron chi connectivity index (χ0n) is 28.4. The summed E-state index contributed by atoms with van der Waals surface area (Å²) in [6, 6.07) is 0. The van der Waals surface area contributed by atoms with Crippen LogP contribution in [0.15, 0.2) is 0 Å². The highest BCUT2D eigenvalue weighted by atomic mass is 31.2. The van der Waals surface area contributed by atoms with E-state index in [0.717, 1.165) is 38.5 Å². The molecule has 0 saturated heterocycles. The number of ether oxygens (including phenoxy) is 2. The zero-order chi connectivity index (χ0) is 32.0. The van der Waals surface area contributed by atoms with Crippen LogP contribution in [-0.4, -0.2) is 51.1 Å². The van der Waals surface area contributed by atoms with Gasteiger partial charge < -0.3 is 24.3 Å². The smallest absolute Gasteiger partial charge is 0.327 e. The van der Waals surface area contributed by atoms with Gasteiger partial charge in [-0.15, -0.1) is 0 Å². The van der Waals surface area contributed by atoms with Crippen molar-refractivity contribution in [2.75, 3.05) is 33.0 Å². The van der Waals surface area contributed by atoms with Crippen molar-refractivity contribution in [1.82, 2.24) is 0 Å². The molecule has 9 heteroatoms. The molecule has 0 bridgehead atoms. The van der Waals surface area contributed by atoms with Crippen molar-refractivity contribution < 1.29 is 32.7 Å². The molecule has 0 heterocycles. The molecule has 2 N–H and O–H groups in total. The Balaban J connectivity index is 4.41. The van der Waals surface area contributed by atoms with Gasteiger partial charge in [0, 0.05) is 19.6 Å². The van der Waals surface area contributed by atoms with Crippen molar-refractivity contribution in [2.24, 2.45) is 11.7 Å². The summed E-state index contributed by atoms with van der Waals surface area (Å²) in [6.45, 7) is 7.68. The minimum Gasteiger partial charge on any atom is -0.462 e. The molecule has 0 aromatic rings. The topological polar surface area (TPSA) is 114 Å². The van der Waals surface area contributed by atoms with Gasteiger partial charge in [-0.3, -0.25) is 14.2 Å². The van der Waals surface area contributed by atoms with Gasteiger partial charge in [0.25, 0.3) is 0 Å². The van der Waals surface area contributed by atoms with Gasteiger partial charge in [0.15, 0.2) is 6.10 Å². The molecule has 2 unspecified atom stereocenters. The number of nitrogens with two attached hydrogens (primary N) is 1. The van der Waals surface area contributed by atoms with E-state index in [1.807, 2.05) is 6.92 Å². The molecule has 256 valence electrons. The van der Waals surface area contributed by atoms with Crippen molar-refractivity contribution in [3.05, 3.63) is 0 Å². The number of hydrogen-bond acceptors (Lipinski definition) is 8. The first-order valence-corrected chi connectivity index (χ1v) is 19.7. The lowest BCUT2D eigenvalue weighted by atomic mass is 10.0. The highest BCUT2D eigenvalue weighted by Gasteiger charge is 2.25. The maximum atomic E-state index is 12.8. The van der Waals surface area contributed by atoms with E-state index in [-0.39, 0.29) is 44.2 Å². The Labute approximate surface area is 264 Å². The highest BCUT2D eigenvalue weighted by Crippen LogP contribution is 2.43. The Bertz CT molecular complexity index is 706. The highest BCUT2D eigenvalue weighted by molar-refractivity contribution is 7.52. The first-order chi connectivity index (χ1) is 20.8. The summed E-state index contributed by atoms with van der Waals surface area (Å²) in [6.07, 6.45) is 24.6. The van der Waals surface area contributed by atoms with Crippen LogP contribution in [0.3, 0.4) is 0 Å². The first kappa shape index (κ1) is 42.0. The van der Waals surface area contributed by atoms with E-state index in [1.54, 1.807) is 0 Å². The number of carbonyl (C=O) groups excluding carboxylic acids is 2. The Morgan fingerprint density at radius 1 is 0.674 bits per heavy atom. The second-order valence-electron chi connectivity index (χ2n) is 12.2. The third-order valence-corrected chi connectivity index (χ3v) is 9.05. The predicted molar refractivity (Wildman–Crippen MR) is 177 cm³/mol. The normalized spacial score (nSPS) is 14.3. The van der Waals surface area contributed by atoms with Crippen LogP contribution in [0.2, 0.25) is 0 Å². The quantitative estimate of drug-likeness (QED) is 0.0442. The lowest BCUT2D eigenvalue weighted by Crippen LogP contribution is -2.31. The summed E-state index contributed by atoms with van der Waals surface area (Å²) in [5.41, 5.74) is 5.44. The second-order valence-corrected chi connectivity index (χ2v) is 14.3. The van der Waals surface area contributed by atoms with Gasteiger partial charge in [-0.25, -0.2) is 0 Å². The fourth-order valence-corrected chi connectivity index (χ4v) is 5.89. The van der Waals surface area contributed by atoms with Gasteiger partial charge in [0.05, 0.1) is 19.1 Å². The lowest BCUT2D eigenvalue weighted by Gasteiger charge is -2.22. The van der Waals surface area contributed by atoms with Crippen LogP contribution in [0.5, 0.6) is 0 Å². The lowest BCUT2D eigenvalue weighted by molar-refractivity contribution is -0.164. The molecule has 0 amide bonds. The fraction of sp³-hybridized carbons (Fsp3) is 0.941. The van der Waals surface area contributed by atoms with E-state index < -0.39 is 13.7 Å². The molecule has 0 aromatic carbocycles. The molecule has 3 atom stereocenters. The summed E-state index contributed by atoms with van der Waals surface area (Å²) in [5.74, 6) is -0.955. The average Bonchev–Trinajstić information content (AvgIpc) is 2.99. The van der Waals surface area contributed by atoms with Crippen molar-refractivity contribution >= 4 is 19.5 Å². The Morgan fingerprint density at radius 3 is 1.63 bits per heavy atom. The van der Waals surface area contributed by atoms with E-state index in [9.17, 15) is 14.2 Å². The van der Waals surface area contributed by atoms with Crippen molar-refractivity contribution in [1.29, 1.82) is 0 Å². The van der Waals surface area contributed by atoms with Gasteiger partial charge in [0.1, 0.15) is 6.61 Å². The second kappa shape index (κ2) is 29.7. The van der Waals surface area contributed by atoms with Gasteiger partial charge in [0.2, 0.25) is 0 Å². The Morgan fingerprint density at radius 2 is 1.14 bits per heavy atom. The van der Waals surface area contributed by atoms with Crippen molar-refractivity contribution in [3.63, 3.8) is 0 Å². The largest absolute Gasteiger partial charge is 0.462 e. The first-order valence-electron chi connectivity index (χ1n) is 17.7. The standard InChI is InChI=1S/C34H68NO7P/c1-5-7-9-11-13-15-16-18-20-22-24-26-33(36)39-29-32(30-41-43(4,38)40-28-27-35)42-34(37)31(3)25-23-21-19-17-14-12-10-8-6-2/h31-32H,5-30,35H2,1-4H3/t31?,32-,43?/m1/s1. The third kappa shape index (κ3) is 28.3. The number of rotatable bonds is 32. The third-order valence-electron chi connectivity index (χ3n) is 7.78. The molecule has 43 heavy (non-hydrogen) atoms. The summed E-state index contributed by atoms with van der Waals surface area (Å²) in [4.78, 5) is 25.2. The molecule has 0 rings (SSSR count). The monoisotopic (exact) mass is 633 g/mol. The maximum absolute atomic E-state index is 12.8. The summed E-state index contributed by atoms with van der Waals surface area (Å²) in [7, 11) is -3.37. The molecule has 0 aliphatic rings. The van der Waals surface area contributed by atoms with Crippen molar-refractivity contribution in [2.45, 2.75) is 168 Å². The van der Waals surface area contributed by atoms with Crippen LogP contribution >= 0.6 is 7.60 Å². The summed E-state index contributed by atoms with van der Waals surface area (Å²) in [5, 5.41) is 0. The molecule has 0 saturated carbocycles. The van der Waals surface area contributed by atoms with E-state index in [4.69, 9.17) is 24.3 Å². The Kier molecular flexibility index (Phi) is 29.1. The van der Waals surface area contributed by atoms with Crippen LogP contribution in [-0.2, 0) is 32.7 Å². The van der Waals surface area contributed by atoms with Crippen LogP contribution in [0.4, 0.5) is 0 Å². The minimum atomic E-state index is -3.37. The number of carbonyl (C=O) groups is 2. The summed E-state index contributed by atoms with van der Waals surface area (Å²) < 4.78 is 34.3. The zero-order valence-corrected chi connectivity index (χ0v) is 29.3. The van der Waals surface area contributed by atoms with Gasteiger partial charge >= 0.3 is 19.5 Å². The van der Waals surface area contributed by atoms with Gasteiger partial charge in [-0.05, 0) is 12.8 Å².